The molecule has 0 fully saturated rings. The fraction of sp³-hybridized carbons (Fsp3) is 0.208. The molecule has 6 heteroatoms. The van der Waals surface area contributed by atoms with Crippen molar-refractivity contribution in [3.05, 3.63) is 84.0 Å². The fourth-order valence-electron chi connectivity index (χ4n) is 3.27. The monoisotopic (exact) mass is 405 g/mol. The Morgan fingerprint density at radius 1 is 1.07 bits per heavy atom. The molecule has 6 nitrogen and oxygen atoms in total. The molecule has 3 rings (SSSR count). The lowest BCUT2D eigenvalue weighted by Crippen LogP contribution is -2.30. The van der Waals surface area contributed by atoms with Gasteiger partial charge in [0, 0.05) is 25.4 Å². The minimum atomic E-state index is 0.542. The Hall–Kier alpha value is -3.67. The zero-order chi connectivity index (χ0) is 21.5. The summed E-state index contributed by atoms with van der Waals surface area (Å²) in [5.41, 5.74) is 2.90. The van der Waals surface area contributed by atoms with Gasteiger partial charge in [0.2, 0.25) is 5.75 Å². The predicted molar refractivity (Wildman–Crippen MR) is 121 cm³/mol. The van der Waals surface area contributed by atoms with E-state index in [9.17, 15) is 0 Å². The second kappa shape index (κ2) is 9.69. The highest BCUT2D eigenvalue weighted by Crippen LogP contribution is 2.40. The Kier molecular flexibility index (Phi) is 6.80. The van der Waals surface area contributed by atoms with Crippen LogP contribution < -0.4 is 19.5 Å². The standard InChI is InChI=1S/C24H27N3O3/c1-6-19(18-14-20(28-3)23(30-5)21(15-18)29-4)24-25-13-12-22(26-24)27(2)16-17-10-8-7-9-11-17/h6-15,26H,1,16H2,2-5H3/b24-19+. The number of hydrogen-bond acceptors (Lipinski definition) is 6. The van der Waals surface area contributed by atoms with E-state index >= 15 is 0 Å². The lowest BCUT2D eigenvalue weighted by atomic mass is 10.0. The Labute approximate surface area is 177 Å². The summed E-state index contributed by atoms with van der Waals surface area (Å²) in [6.45, 7) is 4.76. The number of ether oxygens (including phenoxy) is 3. The number of methoxy groups -OCH3 is 3. The van der Waals surface area contributed by atoms with Crippen molar-refractivity contribution in [2.24, 2.45) is 4.99 Å². The van der Waals surface area contributed by atoms with E-state index in [-0.39, 0.29) is 0 Å². The van der Waals surface area contributed by atoms with Crippen molar-refractivity contribution in [3.63, 3.8) is 0 Å². The van der Waals surface area contributed by atoms with Crippen molar-refractivity contribution in [2.75, 3.05) is 28.4 Å². The first-order valence-electron chi connectivity index (χ1n) is 9.54. The van der Waals surface area contributed by atoms with Crippen molar-refractivity contribution in [3.8, 4) is 17.2 Å². The maximum atomic E-state index is 5.49. The zero-order valence-corrected chi connectivity index (χ0v) is 17.8. The number of allylic oxidation sites excluding steroid dienone is 3. The van der Waals surface area contributed by atoms with Crippen LogP contribution >= 0.6 is 0 Å². The van der Waals surface area contributed by atoms with Crippen molar-refractivity contribution in [1.29, 1.82) is 0 Å². The van der Waals surface area contributed by atoms with Crippen LogP contribution in [0.15, 0.2) is 77.8 Å². The maximum absolute atomic E-state index is 5.49. The average Bonchev–Trinajstić information content (AvgIpc) is 2.79. The van der Waals surface area contributed by atoms with Gasteiger partial charge in [-0.2, -0.15) is 0 Å². The van der Waals surface area contributed by atoms with Gasteiger partial charge in [-0.1, -0.05) is 43.0 Å². The van der Waals surface area contributed by atoms with Gasteiger partial charge in [-0.25, -0.2) is 4.99 Å². The second-order valence-electron chi connectivity index (χ2n) is 6.68. The number of aliphatic imine (C=N–C) groups is 1. The summed E-state index contributed by atoms with van der Waals surface area (Å²) >= 11 is 0. The Bertz CT molecular complexity index is 969. The summed E-state index contributed by atoms with van der Waals surface area (Å²) in [5.74, 6) is 3.32. The molecule has 1 heterocycles. The molecule has 2 aromatic rings. The molecular formula is C24H27N3O3. The molecule has 0 unspecified atom stereocenters. The van der Waals surface area contributed by atoms with Gasteiger partial charge in [-0.15, -0.1) is 0 Å². The van der Waals surface area contributed by atoms with Crippen LogP contribution in [0, 0.1) is 0 Å². The summed E-state index contributed by atoms with van der Waals surface area (Å²) in [4.78, 5) is 6.66. The molecule has 0 radical (unpaired) electrons. The third kappa shape index (κ3) is 4.49. The third-order valence-electron chi connectivity index (χ3n) is 4.79. The topological polar surface area (TPSA) is 55.3 Å². The minimum Gasteiger partial charge on any atom is -0.493 e. The van der Waals surface area contributed by atoms with E-state index in [1.165, 1.54) is 5.56 Å². The quantitative estimate of drug-likeness (QED) is 0.713. The molecular weight excluding hydrogens is 378 g/mol. The molecule has 0 bridgehead atoms. The fourth-order valence-corrected chi connectivity index (χ4v) is 3.27. The molecule has 1 N–H and O–H groups in total. The van der Waals surface area contributed by atoms with Crippen molar-refractivity contribution < 1.29 is 14.2 Å². The summed E-state index contributed by atoms with van der Waals surface area (Å²) in [7, 11) is 6.81. The first-order chi connectivity index (χ1) is 14.6. The van der Waals surface area contributed by atoms with Gasteiger partial charge in [-0.3, -0.25) is 0 Å². The largest absolute Gasteiger partial charge is 0.493 e. The molecule has 1 aliphatic heterocycles. The number of benzene rings is 2. The van der Waals surface area contributed by atoms with E-state index in [0.717, 1.165) is 23.5 Å². The normalized spacial score (nSPS) is 14.3. The van der Waals surface area contributed by atoms with Gasteiger partial charge in [0.1, 0.15) is 11.6 Å². The first-order valence-corrected chi connectivity index (χ1v) is 9.54. The smallest absolute Gasteiger partial charge is 0.203 e. The van der Waals surface area contributed by atoms with E-state index in [4.69, 9.17) is 14.2 Å². The molecule has 156 valence electrons. The summed E-state index contributed by atoms with van der Waals surface area (Å²) < 4.78 is 16.4. The summed E-state index contributed by atoms with van der Waals surface area (Å²) in [6, 6.07) is 14.1. The van der Waals surface area contributed by atoms with Gasteiger partial charge in [0.15, 0.2) is 11.5 Å². The molecule has 0 aromatic heterocycles. The highest BCUT2D eigenvalue weighted by atomic mass is 16.5. The molecule has 0 atom stereocenters. The summed E-state index contributed by atoms with van der Waals surface area (Å²) in [6.07, 6.45) is 5.49. The van der Waals surface area contributed by atoms with Crippen molar-refractivity contribution in [1.82, 2.24) is 10.2 Å². The highest BCUT2D eigenvalue weighted by molar-refractivity contribution is 5.83. The van der Waals surface area contributed by atoms with E-state index < -0.39 is 0 Å². The lowest BCUT2D eigenvalue weighted by molar-refractivity contribution is 0.324. The Morgan fingerprint density at radius 2 is 1.73 bits per heavy atom. The van der Waals surface area contributed by atoms with Gasteiger partial charge < -0.3 is 24.4 Å². The number of rotatable bonds is 8. The lowest BCUT2D eigenvalue weighted by Gasteiger charge is -2.26. The van der Waals surface area contributed by atoms with Crippen LogP contribution in [-0.4, -0.2) is 39.5 Å². The molecule has 1 aliphatic rings. The number of nitrogens with one attached hydrogen (secondary N) is 1. The molecule has 2 aromatic carbocycles. The van der Waals surface area contributed by atoms with Crippen molar-refractivity contribution >= 4 is 11.8 Å². The van der Waals surface area contributed by atoms with Crippen LogP contribution in [0.25, 0.3) is 5.57 Å². The van der Waals surface area contributed by atoms with Crippen LogP contribution in [0.1, 0.15) is 11.1 Å². The van der Waals surface area contributed by atoms with E-state index in [1.807, 2.05) is 43.5 Å². The molecule has 0 saturated heterocycles. The average molecular weight is 405 g/mol. The van der Waals surface area contributed by atoms with E-state index in [1.54, 1.807) is 33.6 Å². The van der Waals surface area contributed by atoms with Gasteiger partial charge in [-0.05, 0) is 29.3 Å². The molecule has 0 saturated carbocycles. The van der Waals surface area contributed by atoms with Crippen LogP contribution in [0.5, 0.6) is 17.2 Å². The second-order valence-corrected chi connectivity index (χ2v) is 6.68. The molecule has 30 heavy (non-hydrogen) atoms. The molecule has 0 spiro atoms. The minimum absolute atomic E-state index is 0.542. The van der Waals surface area contributed by atoms with Gasteiger partial charge in [0.25, 0.3) is 0 Å². The van der Waals surface area contributed by atoms with Gasteiger partial charge in [0.05, 0.1) is 21.3 Å². The van der Waals surface area contributed by atoms with E-state index in [0.29, 0.717) is 23.1 Å². The maximum Gasteiger partial charge on any atom is 0.203 e. The first kappa shape index (κ1) is 21.0. The van der Waals surface area contributed by atoms with Crippen LogP contribution in [-0.2, 0) is 6.54 Å². The van der Waals surface area contributed by atoms with Crippen LogP contribution in [0.3, 0.4) is 0 Å². The predicted octanol–water partition coefficient (Wildman–Crippen LogP) is 4.21. The Balaban J connectivity index is 1.92. The highest BCUT2D eigenvalue weighted by Gasteiger charge is 2.18. The number of hydrogen-bond donors (Lipinski definition) is 1. The summed E-state index contributed by atoms with van der Waals surface area (Å²) in [5, 5.41) is 3.41. The SMILES string of the molecule is C=C/C(=C1/N=CC=C(N(C)Cc2ccccc2)N1)c1cc(OC)c(OC)c(OC)c1. The third-order valence-corrected chi connectivity index (χ3v) is 4.79. The Morgan fingerprint density at radius 3 is 2.30 bits per heavy atom. The van der Waals surface area contributed by atoms with Crippen molar-refractivity contribution in [2.45, 2.75) is 6.54 Å². The van der Waals surface area contributed by atoms with Crippen LogP contribution in [0.2, 0.25) is 0 Å². The van der Waals surface area contributed by atoms with Crippen LogP contribution in [0.4, 0.5) is 0 Å². The van der Waals surface area contributed by atoms with E-state index in [2.05, 4.69) is 33.9 Å². The zero-order valence-electron chi connectivity index (χ0n) is 17.8. The molecule has 0 aliphatic carbocycles. The molecule has 0 amide bonds. The number of nitrogens with zero attached hydrogens (tertiary/aromatic N) is 2. The van der Waals surface area contributed by atoms with Gasteiger partial charge >= 0.3 is 0 Å².